The Bertz CT molecular complexity index is 787. The number of anilines is 1. The molecule has 1 saturated heterocycles. The van der Waals surface area contributed by atoms with E-state index < -0.39 is 0 Å². The van der Waals surface area contributed by atoms with Crippen LogP contribution in [-0.4, -0.2) is 67.0 Å². The molecule has 1 aliphatic heterocycles. The SMILES string of the molecule is CCN(CCNC(=NC)N1CCOC(c2cnn(C)c2)C1)c1ccccc1C. The van der Waals surface area contributed by atoms with Crippen molar-refractivity contribution in [2.24, 2.45) is 12.0 Å². The highest BCUT2D eigenvalue weighted by molar-refractivity contribution is 5.80. The lowest BCUT2D eigenvalue weighted by Gasteiger charge is -2.35. The first-order chi connectivity index (χ1) is 13.6. The molecule has 0 aliphatic carbocycles. The average molecular weight is 385 g/mol. The Morgan fingerprint density at radius 3 is 2.89 bits per heavy atom. The van der Waals surface area contributed by atoms with Crippen LogP contribution in [0.5, 0.6) is 0 Å². The predicted octanol–water partition coefficient (Wildman–Crippen LogP) is 2.20. The fraction of sp³-hybridized carbons (Fsp3) is 0.524. The van der Waals surface area contributed by atoms with Crippen molar-refractivity contribution >= 4 is 11.6 Å². The maximum atomic E-state index is 5.95. The molecule has 28 heavy (non-hydrogen) atoms. The number of hydrogen-bond acceptors (Lipinski definition) is 4. The van der Waals surface area contributed by atoms with Crippen LogP contribution in [0.1, 0.15) is 24.2 Å². The topological polar surface area (TPSA) is 57.9 Å². The summed E-state index contributed by atoms with van der Waals surface area (Å²) in [6.45, 7) is 9.40. The number of aliphatic imine (C=N–C) groups is 1. The summed E-state index contributed by atoms with van der Waals surface area (Å²) in [5, 5.41) is 7.79. The van der Waals surface area contributed by atoms with Crippen LogP contribution in [0.15, 0.2) is 41.7 Å². The molecule has 0 bridgehead atoms. The van der Waals surface area contributed by atoms with E-state index in [1.807, 2.05) is 31.2 Å². The third-order valence-electron chi connectivity index (χ3n) is 5.18. The van der Waals surface area contributed by atoms with Gasteiger partial charge in [0.2, 0.25) is 0 Å². The number of guanidine groups is 1. The largest absolute Gasteiger partial charge is 0.370 e. The van der Waals surface area contributed by atoms with Crippen LogP contribution in [0, 0.1) is 6.92 Å². The number of nitrogens with one attached hydrogen (secondary N) is 1. The molecule has 0 amide bonds. The van der Waals surface area contributed by atoms with Gasteiger partial charge in [-0.05, 0) is 25.5 Å². The minimum absolute atomic E-state index is 0.0279. The molecule has 0 radical (unpaired) electrons. The first-order valence-electron chi connectivity index (χ1n) is 9.98. The van der Waals surface area contributed by atoms with E-state index in [1.165, 1.54) is 11.3 Å². The number of rotatable bonds is 6. The summed E-state index contributed by atoms with van der Waals surface area (Å²) in [7, 11) is 3.77. The minimum atomic E-state index is 0.0279. The quantitative estimate of drug-likeness (QED) is 0.611. The van der Waals surface area contributed by atoms with E-state index in [2.05, 4.69) is 63.3 Å². The van der Waals surface area contributed by atoms with E-state index in [1.54, 1.807) is 0 Å². The molecule has 2 heterocycles. The molecular weight excluding hydrogens is 352 g/mol. The van der Waals surface area contributed by atoms with Crippen LogP contribution in [0.3, 0.4) is 0 Å². The van der Waals surface area contributed by atoms with E-state index in [4.69, 9.17) is 4.74 Å². The normalized spacial score (nSPS) is 17.6. The van der Waals surface area contributed by atoms with Gasteiger partial charge in [-0.3, -0.25) is 9.67 Å². The van der Waals surface area contributed by atoms with E-state index in [-0.39, 0.29) is 6.10 Å². The summed E-state index contributed by atoms with van der Waals surface area (Å²) in [6, 6.07) is 8.54. The van der Waals surface area contributed by atoms with Crippen LogP contribution in [0.25, 0.3) is 0 Å². The van der Waals surface area contributed by atoms with Crippen molar-refractivity contribution in [3.8, 4) is 0 Å². The summed E-state index contributed by atoms with van der Waals surface area (Å²) in [4.78, 5) is 9.16. The van der Waals surface area contributed by atoms with Crippen LogP contribution in [0.4, 0.5) is 5.69 Å². The van der Waals surface area contributed by atoms with Gasteiger partial charge in [-0.1, -0.05) is 18.2 Å². The zero-order valence-corrected chi connectivity index (χ0v) is 17.4. The van der Waals surface area contributed by atoms with Crippen molar-refractivity contribution in [1.82, 2.24) is 20.0 Å². The molecule has 1 N–H and O–H groups in total. The monoisotopic (exact) mass is 384 g/mol. The van der Waals surface area contributed by atoms with Gasteiger partial charge in [0.05, 0.1) is 19.3 Å². The van der Waals surface area contributed by atoms with Crippen molar-refractivity contribution in [1.29, 1.82) is 0 Å². The fourth-order valence-electron chi connectivity index (χ4n) is 3.65. The van der Waals surface area contributed by atoms with Gasteiger partial charge < -0.3 is 19.9 Å². The molecule has 0 saturated carbocycles. The third-order valence-corrected chi connectivity index (χ3v) is 5.18. The smallest absolute Gasteiger partial charge is 0.193 e. The van der Waals surface area contributed by atoms with Gasteiger partial charge in [0.1, 0.15) is 6.10 Å². The Kier molecular flexibility index (Phi) is 6.92. The Morgan fingerprint density at radius 1 is 1.39 bits per heavy atom. The number of aromatic nitrogens is 2. The number of para-hydroxylation sites is 1. The number of hydrogen-bond donors (Lipinski definition) is 1. The summed E-state index contributed by atoms with van der Waals surface area (Å²) in [5.41, 5.74) is 3.71. The lowest BCUT2D eigenvalue weighted by atomic mass is 10.1. The molecule has 7 nitrogen and oxygen atoms in total. The number of morpholine rings is 1. The van der Waals surface area contributed by atoms with E-state index >= 15 is 0 Å². The molecular formula is C21H32N6O. The standard InChI is InChI=1S/C21H32N6O/c1-5-26(19-9-7-6-8-17(19)2)11-10-23-21(22-3)27-12-13-28-20(16-27)18-14-24-25(4)15-18/h6-9,14-15,20H,5,10-13,16H2,1-4H3,(H,22,23). The number of likely N-dealkylation sites (N-methyl/N-ethyl adjacent to an activating group) is 1. The number of ether oxygens (including phenoxy) is 1. The first kappa shape index (κ1) is 20.2. The Morgan fingerprint density at radius 2 is 2.21 bits per heavy atom. The molecule has 1 atom stereocenters. The maximum absolute atomic E-state index is 5.95. The molecule has 0 spiro atoms. The molecule has 2 aromatic rings. The summed E-state index contributed by atoms with van der Waals surface area (Å²) in [6.07, 6.45) is 3.93. The highest BCUT2D eigenvalue weighted by Crippen LogP contribution is 2.22. The van der Waals surface area contributed by atoms with Crippen LogP contribution in [-0.2, 0) is 11.8 Å². The van der Waals surface area contributed by atoms with Crippen LogP contribution >= 0.6 is 0 Å². The summed E-state index contributed by atoms with van der Waals surface area (Å²) >= 11 is 0. The van der Waals surface area contributed by atoms with Gasteiger partial charge in [-0.2, -0.15) is 5.10 Å². The van der Waals surface area contributed by atoms with Gasteiger partial charge in [0, 0.05) is 57.7 Å². The second-order valence-corrected chi connectivity index (χ2v) is 7.09. The molecule has 1 unspecified atom stereocenters. The molecule has 3 rings (SSSR count). The first-order valence-corrected chi connectivity index (χ1v) is 9.98. The van der Waals surface area contributed by atoms with Gasteiger partial charge >= 0.3 is 0 Å². The second kappa shape index (κ2) is 9.59. The number of aryl methyl sites for hydroxylation is 2. The molecule has 1 aromatic carbocycles. The summed E-state index contributed by atoms with van der Waals surface area (Å²) < 4.78 is 7.76. The minimum Gasteiger partial charge on any atom is -0.370 e. The van der Waals surface area contributed by atoms with Gasteiger partial charge in [-0.15, -0.1) is 0 Å². The van der Waals surface area contributed by atoms with Crippen molar-refractivity contribution in [2.75, 3.05) is 51.3 Å². The lowest BCUT2D eigenvalue weighted by Crippen LogP contribution is -2.49. The molecule has 1 aromatic heterocycles. The number of nitrogens with zero attached hydrogens (tertiary/aromatic N) is 5. The summed E-state index contributed by atoms with van der Waals surface area (Å²) in [5.74, 6) is 0.929. The van der Waals surface area contributed by atoms with E-state index in [9.17, 15) is 0 Å². The third kappa shape index (κ3) is 4.84. The van der Waals surface area contributed by atoms with Gasteiger partial charge in [0.25, 0.3) is 0 Å². The Hall–Kier alpha value is -2.54. The number of benzene rings is 1. The molecule has 7 heteroatoms. The maximum Gasteiger partial charge on any atom is 0.193 e. The second-order valence-electron chi connectivity index (χ2n) is 7.09. The zero-order chi connectivity index (χ0) is 19.9. The van der Waals surface area contributed by atoms with Crippen molar-refractivity contribution < 1.29 is 4.74 Å². The van der Waals surface area contributed by atoms with E-state index in [0.717, 1.165) is 44.2 Å². The highest BCUT2D eigenvalue weighted by atomic mass is 16.5. The van der Waals surface area contributed by atoms with E-state index in [0.29, 0.717) is 6.61 Å². The lowest BCUT2D eigenvalue weighted by molar-refractivity contribution is -0.00800. The average Bonchev–Trinajstić information content (AvgIpc) is 3.16. The van der Waals surface area contributed by atoms with Crippen molar-refractivity contribution in [2.45, 2.75) is 20.0 Å². The molecule has 1 aliphatic rings. The van der Waals surface area contributed by atoms with Gasteiger partial charge in [-0.25, -0.2) is 0 Å². The molecule has 1 fully saturated rings. The van der Waals surface area contributed by atoms with Crippen molar-refractivity contribution in [3.05, 3.63) is 47.8 Å². The Labute approximate surface area is 168 Å². The predicted molar refractivity (Wildman–Crippen MR) is 114 cm³/mol. The Balaban J connectivity index is 1.56. The van der Waals surface area contributed by atoms with Crippen molar-refractivity contribution in [3.63, 3.8) is 0 Å². The molecule has 152 valence electrons. The van der Waals surface area contributed by atoms with Crippen LogP contribution < -0.4 is 10.2 Å². The van der Waals surface area contributed by atoms with Gasteiger partial charge in [0.15, 0.2) is 5.96 Å². The zero-order valence-electron chi connectivity index (χ0n) is 17.4. The fourth-order valence-corrected chi connectivity index (χ4v) is 3.65. The van der Waals surface area contributed by atoms with Crippen LogP contribution in [0.2, 0.25) is 0 Å². The highest BCUT2D eigenvalue weighted by Gasteiger charge is 2.25.